The quantitative estimate of drug-likeness (QED) is 0.0559. The van der Waals surface area contributed by atoms with Gasteiger partial charge >= 0.3 is 0 Å². The highest BCUT2D eigenvalue weighted by Gasteiger charge is 2.42. The molecule has 1 unspecified atom stereocenters. The fourth-order valence-corrected chi connectivity index (χ4v) is 11.4. The van der Waals surface area contributed by atoms with Crippen molar-refractivity contribution in [3.8, 4) is 27.3 Å². The van der Waals surface area contributed by atoms with Gasteiger partial charge in [-0.3, -0.25) is 28.7 Å². The summed E-state index contributed by atoms with van der Waals surface area (Å²) in [6, 6.07) is 21.1. The van der Waals surface area contributed by atoms with E-state index in [2.05, 4.69) is 56.8 Å². The molecule has 18 heteroatoms. The fourth-order valence-electron chi connectivity index (χ4n) is 9.22. The predicted molar refractivity (Wildman–Crippen MR) is 294 cm³/mol. The number of aryl methyl sites for hydroxylation is 3. The number of aliphatic imine (C=N–C) groups is 1. The molecule has 3 aromatic carbocycles. The van der Waals surface area contributed by atoms with Crippen molar-refractivity contribution in [1.29, 1.82) is 0 Å². The molecule has 392 valence electrons. The molecule has 0 radical (unpaired) electrons. The number of nitrogens with zero attached hydrogens (tertiary/aromatic N) is 6. The molecule has 2 aliphatic rings. The Kier molecular flexibility index (Phi) is 17.8. The second-order valence-electron chi connectivity index (χ2n) is 20.0. The predicted octanol–water partition coefficient (Wildman–Crippen LogP) is 9.11. The highest BCUT2D eigenvalue weighted by Crippen LogP contribution is 2.40. The van der Waals surface area contributed by atoms with E-state index in [1.807, 2.05) is 124 Å². The lowest BCUT2D eigenvalue weighted by Crippen LogP contribution is -2.58. The number of benzene rings is 3. The number of ether oxygens (including phenoxy) is 2. The molecule has 2 aliphatic heterocycles. The summed E-state index contributed by atoms with van der Waals surface area (Å²) in [7, 11) is 0. The van der Waals surface area contributed by atoms with E-state index < -0.39 is 29.4 Å². The number of thiazole rings is 1. The number of hydrogen-bond acceptors (Lipinski definition) is 12. The number of fused-ring (bicyclic) bond motifs is 3. The molecule has 0 spiro atoms. The van der Waals surface area contributed by atoms with Crippen molar-refractivity contribution in [2.45, 2.75) is 112 Å². The second-order valence-corrected chi connectivity index (χ2v) is 22.5. The number of aromatic nitrogens is 4. The van der Waals surface area contributed by atoms with Crippen molar-refractivity contribution in [2.24, 2.45) is 10.4 Å². The minimum atomic E-state index is -0.847. The third-order valence-electron chi connectivity index (χ3n) is 13.4. The lowest BCUT2D eigenvalue weighted by molar-refractivity contribution is -0.144. The molecule has 5 heterocycles. The van der Waals surface area contributed by atoms with Gasteiger partial charge in [0.1, 0.15) is 42.2 Å². The number of amides is 4. The van der Waals surface area contributed by atoms with Crippen molar-refractivity contribution in [1.82, 2.24) is 40.6 Å². The van der Waals surface area contributed by atoms with Crippen LogP contribution in [0.4, 0.5) is 0 Å². The molecule has 6 aromatic rings. The largest absolute Gasteiger partial charge is 0.372 e. The van der Waals surface area contributed by atoms with E-state index in [0.29, 0.717) is 49.8 Å². The molecular weight excluding hydrogens is 1010 g/mol. The summed E-state index contributed by atoms with van der Waals surface area (Å²) >= 11 is 9.53. The molecule has 1 saturated heterocycles. The number of thiophene rings is 1. The van der Waals surface area contributed by atoms with Crippen LogP contribution in [0.5, 0.6) is 0 Å². The SMILES string of the molecule is Cc1ncsc1-c1ccc(CNC(=O)[C@@H]2CCCN2C(=O)C(NC(=O)COCCCOCC#Cc2ccc([C@H](C)NC(=O)C[C@@H]3N=C(c4ccc(Cl)cc4)c4c(sc(C)c4C)-n4c(C)nnc43)cc2)C(C)(C)C)cc1. The zero-order valence-electron chi connectivity index (χ0n) is 43.7. The monoisotopic (exact) mass is 1070 g/mol. The summed E-state index contributed by atoms with van der Waals surface area (Å²) < 4.78 is 13.4. The van der Waals surface area contributed by atoms with E-state index in [-0.39, 0.29) is 50.0 Å². The standard InChI is InChI=1S/C57H64ClN9O6S2/c1-34-37(4)75-56-49(34)50(42-22-24-44(58)25-23-42)62-45(53-65-64-38(5)67(53)56)30-47(68)61-35(2)41-18-14-39(15-19-41)12-10-27-72-28-11-29-73-32-48(69)63-52(57(6,7)8)55(71)66-26-9-13-46(66)54(70)59-31-40-16-20-43(21-17-40)51-36(3)60-33-74-51/h14-25,33,35,45-46,52H,9,11,13,26-32H2,1-8H3,(H,59,70)(H,61,68)(H,63,69)/t35-,45-,46-,52?/m0/s1. The molecule has 0 bridgehead atoms. The van der Waals surface area contributed by atoms with Crippen LogP contribution in [0.3, 0.4) is 0 Å². The summed E-state index contributed by atoms with van der Waals surface area (Å²) in [5, 5.41) is 19.6. The van der Waals surface area contributed by atoms with Gasteiger partial charge in [0.05, 0.1) is 40.9 Å². The van der Waals surface area contributed by atoms with Gasteiger partial charge in [-0.2, -0.15) is 0 Å². The molecule has 3 N–H and O–H groups in total. The van der Waals surface area contributed by atoms with Crippen molar-refractivity contribution in [3.05, 3.63) is 139 Å². The average Bonchev–Trinajstić information content (AvgIpc) is 4.19. The Hall–Kier alpha value is -6.55. The Labute approximate surface area is 451 Å². The molecule has 0 aliphatic carbocycles. The number of hydrogen-bond donors (Lipinski definition) is 3. The van der Waals surface area contributed by atoms with Crippen molar-refractivity contribution in [2.75, 3.05) is 33.0 Å². The first-order valence-electron chi connectivity index (χ1n) is 25.2. The van der Waals surface area contributed by atoms with E-state index in [4.69, 9.17) is 26.1 Å². The Morgan fingerprint density at radius 3 is 2.32 bits per heavy atom. The molecule has 4 amide bonds. The number of rotatable bonds is 18. The summed E-state index contributed by atoms with van der Waals surface area (Å²) in [5.74, 6) is 6.45. The van der Waals surface area contributed by atoms with Gasteiger partial charge in [-0.15, -0.1) is 32.9 Å². The maximum Gasteiger partial charge on any atom is 0.246 e. The van der Waals surface area contributed by atoms with Crippen LogP contribution in [0.1, 0.15) is 121 Å². The van der Waals surface area contributed by atoms with Gasteiger partial charge in [0.25, 0.3) is 0 Å². The lowest BCUT2D eigenvalue weighted by Gasteiger charge is -2.35. The first-order chi connectivity index (χ1) is 36.0. The smallest absolute Gasteiger partial charge is 0.246 e. The molecule has 15 nitrogen and oxygen atoms in total. The third-order valence-corrected chi connectivity index (χ3v) is 15.8. The minimum absolute atomic E-state index is 0.0776. The maximum atomic E-state index is 14.0. The van der Waals surface area contributed by atoms with Gasteiger partial charge in [0, 0.05) is 46.3 Å². The first-order valence-corrected chi connectivity index (χ1v) is 27.3. The van der Waals surface area contributed by atoms with E-state index in [0.717, 1.165) is 66.1 Å². The number of likely N-dealkylation sites (tertiary alicyclic amines) is 1. The highest BCUT2D eigenvalue weighted by atomic mass is 35.5. The first kappa shape index (κ1) is 54.7. The number of carbonyl (C=O) groups excluding carboxylic acids is 4. The Balaban J connectivity index is 0.747. The van der Waals surface area contributed by atoms with Crippen LogP contribution in [0.25, 0.3) is 15.4 Å². The Morgan fingerprint density at radius 1 is 0.893 bits per heavy atom. The zero-order valence-corrected chi connectivity index (χ0v) is 46.1. The van der Waals surface area contributed by atoms with Crippen molar-refractivity contribution >= 4 is 63.6 Å². The van der Waals surface area contributed by atoms with Gasteiger partial charge < -0.3 is 30.3 Å². The van der Waals surface area contributed by atoms with E-state index in [1.165, 1.54) is 4.88 Å². The molecule has 1 fully saturated rings. The van der Waals surface area contributed by atoms with Gasteiger partial charge in [-0.1, -0.05) is 92.7 Å². The van der Waals surface area contributed by atoms with E-state index in [9.17, 15) is 19.2 Å². The topological polar surface area (TPSA) is 182 Å². The number of carbonyl (C=O) groups is 4. The molecular formula is C57H64ClN9O6S2. The molecule has 4 atom stereocenters. The van der Waals surface area contributed by atoms with Crippen LogP contribution < -0.4 is 16.0 Å². The number of halogens is 1. The van der Waals surface area contributed by atoms with E-state index >= 15 is 0 Å². The van der Waals surface area contributed by atoms with Crippen LogP contribution in [0.15, 0.2) is 83.3 Å². The van der Waals surface area contributed by atoms with Crippen LogP contribution >= 0.6 is 34.3 Å². The van der Waals surface area contributed by atoms with Gasteiger partial charge in [-0.05, 0) is 106 Å². The minimum Gasteiger partial charge on any atom is -0.372 e. The maximum absolute atomic E-state index is 14.0. The van der Waals surface area contributed by atoms with Crippen LogP contribution in [-0.4, -0.2) is 99.0 Å². The molecule has 8 rings (SSSR count). The van der Waals surface area contributed by atoms with Crippen LogP contribution in [0, 0.1) is 45.0 Å². The highest BCUT2D eigenvalue weighted by molar-refractivity contribution is 7.15. The molecule has 3 aromatic heterocycles. The van der Waals surface area contributed by atoms with Crippen molar-refractivity contribution in [3.63, 3.8) is 0 Å². The average molecular weight is 1070 g/mol. The van der Waals surface area contributed by atoms with Gasteiger partial charge in [-0.25, -0.2) is 4.98 Å². The van der Waals surface area contributed by atoms with E-state index in [1.54, 1.807) is 27.6 Å². The normalized spacial score (nSPS) is 15.9. The summed E-state index contributed by atoms with van der Waals surface area (Å²) in [5.41, 5.74) is 9.81. The molecule has 75 heavy (non-hydrogen) atoms. The Bertz CT molecular complexity index is 3110. The van der Waals surface area contributed by atoms with Crippen LogP contribution in [0.2, 0.25) is 5.02 Å². The lowest BCUT2D eigenvalue weighted by atomic mass is 9.85. The van der Waals surface area contributed by atoms with Crippen LogP contribution in [-0.2, 0) is 35.2 Å². The summed E-state index contributed by atoms with van der Waals surface area (Å²) in [4.78, 5) is 67.7. The Morgan fingerprint density at radius 2 is 1.61 bits per heavy atom. The van der Waals surface area contributed by atoms with Crippen molar-refractivity contribution < 1.29 is 28.7 Å². The zero-order chi connectivity index (χ0) is 53.4. The number of nitrogens with one attached hydrogen (secondary N) is 3. The van der Waals surface area contributed by atoms with Gasteiger partial charge in [0.2, 0.25) is 23.6 Å². The fraction of sp³-hybridized carbons (Fsp3) is 0.404. The third kappa shape index (κ3) is 13.3. The second kappa shape index (κ2) is 24.4. The molecule has 0 saturated carbocycles. The summed E-state index contributed by atoms with van der Waals surface area (Å²) in [6.45, 7) is 17.1. The summed E-state index contributed by atoms with van der Waals surface area (Å²) in [6.07, 6.45) is 1.87. The van der Waals surface area contributed by atoms with Gasteiger partial charge in [0.15, 0.2) is 5.82 Å².